The summed E-state index contributed by atoms with van der Waals surface area (Å²) in [5.74, 6) is 1.54. The molecule has 0 spiro atoms. The maximum Gasteiger partial charge on any atom is 0.313 e. The lowest BCUT2D eigenvalue weighted by molar-refractivity contribution is -0.136. The Balaban J connectivity index is 1.38. The lowest BCUT2D eigenvalue weighted by Crippen LogP contribution is -2.45. The molecule has 28 heavy (non-hydrogen) atoms. The summed E-state index contributed by atoms with van der Waals surface area (Å²) < 4.78 is 1.92. The van der Waals surface area contributed by atoms with Crippen molar-refractivity contribution in [1.29, 1.82) is 0 Å². The second-order valence-corrected chi connectivity index (χ2v) is 8.08. The Morgan fingerprint density at radius 2 is 2.11 bits per heavy atom. The summed E-state index contributed by atoms with van der Waals surface area (Å²) in [5, 5.41) is 13.7. The number of benzene rings is 1. The number of hydrogen-bond donors (Lipinski definition) is 2. The Labute approximate surface area is 164 Å². The number of hydrogen-bond acceptors (Lipinski definition) is 4. The van der Waals surface area contributed by atoms with E-state index in [0.717, 1.165) is 23.9 Å². The van der Waals surface area contributed by atoms with Crippen LogP contribution in [0.1, 0.15) is 39.5 Å². The highest BCUT2D eigenvalue weighted by Gasteiger charge is 2.42. The number of fused-ring (bicyclic) bond motifs is 2. The molecule has 1 aromatic carbocycles. The summed E-state index contributed by atoms with van der Waals surface area (Å²) in [5.41, 5.74) is 1.41. The third-order valence-electron chi connectivity index (χ3n) is 6.33. The van der Waals surface area contributed by atoms with Gasteiger partial charge in [0.1, 0.15) is 6.33 Å². The molecule has 2 fully saturated rings. The third-order valence-corrected chi connectivity index (χ3v) is 6.33. The molecule has 7 nitrogen and oxygen atoms in total. The molecule has 0 saturated heterocycles. The van der Waals surface area contributed by atoms with Gasteiger partial charge in [-0.1, -0.05) is 18.6 Å². The van der Waals surface area contributed by atoms with Gasteiger partial charge in [-0.25, -0.2) is 0 Å². The molecule has 0 aliphatic heterocycles. The van der Waals surface area contributed by atoms with Crippen molar-refractivity contribution < 1.29 is 9.59 Å². The molecule has 4 atom stereocenters. The molecule has 2 aromatic rings. The van der Waals surface area contributed by atoms with Crippen molar-refractivity contribution >= 4 is 17.5 Å². The lowest BCUT2D eigenvalue weighted by Gasteiger charge is -2.28. The molecule has 2 N–H and O–H groups in total. The molecule has 148 valence electrons. The molecule has 2 aliphatic rings. The second-order valence-electron chi connectivity index (χ2n) is 8.08. The fourth-order valence-electron chi connectivity index (χ4n) is 4.92. The zero-order valence-corrected chi connectivity index (χ0v) is 16.4. The van der Waals surface area contributed by atoms with Crippen molar-refractivity contribution in [3.05, 3.63) is 30.6 Å². The van der Waals surface area contributed by atoms with Crippen molar-refractivity contribution in [3.63, 3.8) is 0 Å². The Hall–Kier alpha value is -2.70. The average molecular weight is 381 g/mol. The van der Waals surface area contributed by atoms with Gasteiger partial charge in [0.15, 0.2) is 5.82 Å². The highest BCUT2D eigenvalue weighted by atomic mass is 16.2. The van der Waals surface area contributed by atoms with Gasteiger partial charge in [0.05, 0.1) is 0 Å². The van der Waals surface area contributed by atoms with Crippen LogP contribution in [0.25, 0.3) is 11.4 Å². The predicted octanol–water partition coefficient (Wildman–Crippen LogP) is 2.84. The smallest absolute Gasteiger partial charge is 0.313 e. The Morgan fingerprint density at radius 3 is 2.82 bits per heavy atom. The monoisotopic (exact) mass is 381 g/mol. The third kappa shape index (κ3) is 3.66. The van der Waals surface area contributed by atoms with Crippen molar-refractivity contribution in [2.24, 2.45) is 17.8 Å². The van der Waals surface area contributed by atoms with Crippen LogP contribution in [0.15, 0.2) is 30.6 Å². The van der Waals surface area contributed by atoms with Crippen LogP contribution in [0.2, 0.25) is 0 Å². The number of nitrogens with zero attached hydrogens (tertiary/aromatic N) is 3. The molecule has 0 unspecified atom stereocenters. The highest BCUT2D eigenvalue weighted by Crippen LogP contribution is 2.49. The Kier molecular flexibility index (Phi) is 5.15. The van der Waals surface area contributed by atoms with Gasteiger partial charge in [-0.05, 0) is 63.0 Å². The van der Waals surface area contributed by atoms with Crippen LogP contribution in [0, 0.1) is 17.8 Å². The fraction of sp³-hybridized carbons (Fsp3) is 0.524. The van der Waals surface area contributed by atoms with E-state index in [0.29, 0.717) is 17.5 Å². The molecule has 1 aromatic heterocycles. The number of amides is 2. The minimum atomic E-state index is -0.635. The van der Waals surface area contributed by atoms with E-state index >= 15 is 0 Å². The van der Waals surface area contributed by atoms with Crippen LogP contribution in [0.4, 0.5) is 5.69 Å². The Morgan fingerprint density at radius 1 is 1.25 bits per heavy atom. The van der Waals surface area contributed by atoms with E-state index in [2.05, 4.69) is 20.8 Å². The molecule has 1 heterocycles. The molecule has 4 rings (SSSR count). The zero-order valence-electron chi connectivity index (χ0n) is 16.4. The van der Waals surface area contributed by atoms with E-state index in [1.54, 1.807) is 18.5 Å². The highest BCUT2D eigenvalue weighted by molar-refractivity contribution is 6.39. The fourth-order valence-corrected chi connectivity index (χ4v) is 4.92. The van der Waals surface area contributed by atoms with Gasteiger partial charge >= 0.3 is 11.8 Å². The zero-order chi connectivity index (χ0) is 19.7. The van der Waals surface area contributed by atoms with Gasteiger partial charge in [0.2, 0.25) is 0 Å². The maximum absolute atomic E-state index is 12.4. The SMILES string of the molecule is CCn1cnnc1-c1cccc(NC(=O)C(=O)N[C@H](C)[C@@H]2C[C@H]3CC[C@H]2C3)c1. The summed E-state index contributed by atoms with van der Waals surface area (Å²) in [6.45, 7) is 4.79. The van der Waals surface area contributed by atoms with Crippen molar-refractivity contribution in [3.8, 4) is 11.4 Å². The van der Waals surface area contributed by atoms with Gasteiger partial charge in [0.25, 0.3) is 0 Å². The summed E-state index contributed by atoms with van der Waals surface area (Å²) in [6, 6.07) is 7.34. The largest absolute Gasteiger partial charge is 0.345 e. The first-order valence-corrected chi connectivity index (χ1v) is 10.1. The standard InChI is InChI=1S/C21H27N5O2/c1-3-26-12-22-25-19(26)16-5-4-6-17(11-16)24-21(28)20(27)23-13(2)18-10-14-7-8-15(18)9-14/h4-6,11-15,18H,3,7-10H2,1-2H3,(H,23,27)(H,24,28)/t13-,14+,15+,18+/m1/s1. The second kappa shape index (κ2) is 7.73. The van der Waals surface area contributed by atoms with E-state index < -0.39 is 11.8 Å². The number of rotatable bonds is 5. The topological polar surface area (TPSA) is 88.9 Å². The minimum absolute atomic E-state index is 0.0305. The van der Waals surface area contributed by atoms with E-state index in [9.17, 15) is 9.59 Å². The first-order chi connectivity index (χ1) is 13.5. The van der Waals surface area contributed by atoms with E-state index in [4.69, 9.17) is 0 Å². The van der Waals surface area contributed by atoms with Gasteiger partial charge < -0.3 is 15.2 Å². The van der Waals surface area contributed by atoms with Gasteiger partial charge in [-0.2, -0.15) is 0 Å². The van der Waals surface area contributed by atoms with Crippen LogP contribution < -0.4 is 10.6 Å². The van der Waals surface area contributed by atoms with E-state index in [-0.39, 0.29) is 6.04 Å². The van der Waals surface area contributed by atoms with Crippen LogP contribution >= 0.6 is 0 Å². The summed E-state index contributed by atoms with van der Waals surface area (Å²) >= 11 is 0. The number of nitrogens with one attached hydrogen (secondary N) is 2. The van der Waals surface area contributed by atoms with Crippen molar-refractivity contribution in [2.75, 3.05) is 5.32 Å². The van der Waals surface area contributed by atoms with E-state index in [1.165, 1.54) is 25.7 Å². The molecule has 2 bridgehead atoms. The van der Waals surface area contributed by atoms with Gasteiger partial charge in [-0.3, -0.25) is 9.59 Å². The van der Waals surface area contributed by atoms with E-state index in [1.807, 2.05) is 30.5 Å². The van der Waals surface area contributed by atoms with Crippen molar-refractivity contribution in [1.82, 2.24) is 20.1 Å². The first-order valence-electron chi connectivity index (χ1n) is 10.1. The Bertz CT molecular complexity index is 877. The normalized spacial score (nSPS) is 24.1. The van der Waals surface area contributed by atoms with Crippen LogP contribution in [-0.4, -0.2) is 32.6 Å². The maximum atomic E-state index is 12.4. The molecular weight excluding hydrogens is 354 g/mol. The van der Waals surface area contributed by atoms with Crippen LogP contribution in [0.5, 0.6) is 0 Å². The average Bonchev–Trinajstić information content (AvgIpc) is 3.44. The summed E-state index contributed by atoms with van der Waals surface area (Å²) in [6.07, 6.45) is 6.71. The predicted molar refractivity (Wildman–Crippen MR) is 106 cm³/mol. The molecule has 2 amide bonds. The molecule has 0 radical (unpaired) electrons. The summed E-state index contributed by atoms with van der Waals surface area (Å²) in [4.78, 5) is 24.8. The molecule has 2 saturated carbocycles. The molecule has 2 aliphatic carbocycles. The minimum Gasteiger partial charge on any atom is -0.345 e. The number of aryl methyl sites for hydroxylation is 1. The van der Waals surface area contributed by atoms with Gasteiger partial charge in [0, 0.05) is 23.8 Å². The quantitative estimate of drug-likeness (QED) is 0.780. The lowest BCUT2D eigenvalue weighted by atomic mass is 9.84. The van der Waals surface area contributed by atoms with Crippen molar-refractivity contribution in [2.45, 2.75) is 52.1 Å². The molecule has 7 heteroatoms. The van der Waals surface area contributed by atoms with Crippen LogP contribution in [0.3, 0.4) is 0 Å². The summed E-state index contributed by atoms with van der Waals surface area (Å²) in [7, 11) is 0. The number of aromatic nitrogens is 3. The number of carbonyl (C=O) groups is 2. The van der Waals surface area contributed by atoms with Gasteiger partial charge in [-0.15, -0.1) is 10.2 Å². The first kappa shape index (κ1) is 18.7. The number of carbonyl (C=O) groups excluding carboxylic acids is 2. The van der Waals surface area contributed by atoms with Crippen LogP contribution in [-0.2, 0) is 16.1 Å². The number of anilines is 1. The molecular formula is C21H27N5O2.